The molecule has 14 heavy (non-hydrogen) atoms. The highest BCUT2D eigenvalue weighted by molar-refractivity contribution is 7.19. The highest BCUT2D eigenvalue weighted by Crippen LogP contribution is 2.29. The van der Waals surface area contributed by atoms with Gasteiger partial charge in [-0.25, -0.2) is 0 Å². The number of carboxylic acid groups (broad SMARTS) is 1. The van der Waals surface area contributed by atoms with Crippen molar-refractivity contribution < 1.29 is 9.90 Å². The minimum absolute atomic E-state index is 0.137. The van der Waals surface area contributed by atoms with Gasteiger partial charge >= 0.3 is 5.97 Å². The van der Waals surface area contributed by atoms with E-state index in [9.17, 15) is 4.79 Å². The van der Waals surface area contributed by atoms with E-state index in [1.165, 1.54) is 11.3 Å². The van der Waals surface area contributed by atoms with Crippen LogP contribution in [0.25, 0.3) is 10.2 Å². The summed E-state index contributed by atoms with van der Waals surface area (Å²) in [6.07, 6.45) is 1.84. The van der Waals surface area contributed by atoms with E-state index in [4.69, 9.17) is 10.8 Å². The number of thiophene rings is 1. The molecule has 1 atom stereocenters. The number of hydrogen-bond donors (Lipinski definition) is 3. The van der Waals surface area contributed by atoms with Gasteiger partial charge in [-0.15, -0.1) is 11.3 Å². The summed E-state index contributed by atoms with van der Waals surface area (Å²) in [5.41, 5.74) is 6.39. The maximum absolute atomic E-state index is 10.8. The zero-order chi connectivity index (χ0) is 10.1. The number of hydrogen-bond acceptors (Lipinski definition) is 3. The molecule has 0 saturated carbocycles. The van der Waals surface area contributed by atoms with E-state index in [-0.39, 0.29) is 6.54 Å². The summed E-state index contributed by atoms with van der Waals surface area (Å²) in [5.74, 6) is -1.45. The van der Waals surface area contributed by atoms with Gasteiger partial charge in [0.1, 0.15) is 5.92 Å². The molecule has 0 saturated heterocycles. The highest BCUT2D eigenvalue weighted by Gasteiger charge is 2.20. The van der Waals surface area contributed by atoms with Gasteiger partial charge in [0, 0.05) is 17.6 Å². The lowest BCUT2D eigenvalue weighted by Crippen LogP contribution is -2.19. The van der Waals surface area contributed by atoms with Gasteiger partial charge in [-0.3, -0.25) is 4.79 Å². The number of rotatable bonds is 3. The third-order valence-electron chi connectivity index (χ3n) is 2.13. The van der Waals surface area contributed by atoms with Crippen LogP contribution in [-0.2, 0) is 4.79 Å². The molecule has 0 aromatic carbocycles. The van der Waals surface area contributed by atoms with Gasteiger partial charge in [-0.1, -0.05) is 0 Å². The molecule has 0 bridgehead atoms. The third-order valence-corrected chi connectivity index (χ3v) is 3.34. The fourth-order valence-electron chi connectivity index (χ4n) is 1.38. The van der Waals surface area contributed by atoms with Gasteiger partial charge in [0.05, 0.1) is 10.2 Å². The number of carboxylic acids is 1. The predicted molar refractivity (Wildman–Crippen MR) is 55.6 cm³/mol. The minimum atomic E-state index is -0.864. The number of aromatic amines is 1. The summed E-state index contributed by atoms with van der Waals surface area (Å²) in [5, 5.41) is 8.91. The summed E-state index contributed by atoms with van der Waals surface area (Å²) >= 11 is 1.47. The Morgan fingerprint density at radius 1 is 1.71 bits per heavy atom. The molecular formula is C9H10N2O2S. The van der Waals surface area contributed by atoms with Crippen LogP contribution in [-0.4, -0.2) is 22.6 Å². The third kappa shape index (κ3) is 1.40. The summed E-state index contributed by atoms with van der Waals surface area (Å²) in [6, 6.07) is 3.78. The fraction of sp³-hybridized carbons (Fsp3) is 0.222. The van der Waals surface area contributed by atoms with Crippen LogP contribution in [0.4, 0.5) is 0 Å². The van der Waals surface area contributed by atoms with Crippen molar-refractivity contribution in [2.45, 2.75) is 5.92 Å². The largest absolute Gasteiger partial charge is 0.481 e. The molecule has 2 heterocycles. The molecular weight excluding hydrogens is 200 g/mol. The van der Waals surface area contributed by atoms with Crippen molar-refractivity contribution in [1.82, 2.24) is 4.98 Å². The molecule has 4 N–H and O–H groups in total. The van der Waals surface area contributed by atoms with Crippen LogP contribution in [0.1, 0.15) is 10.8 Å². The Bertz CT molecular complexity index is 432. The lowest BCUT2D eigenvalue weighted by Gasteiger charge is -2.05. The second kappa shape index (κ2) is 3.43. The second-order valence-electron chi connectivity index (χ2n) is 3.03. The number of H-pyrrole nitrogens is 1. The van der Waals surface area contributed by atoms with E-state index in [0.717, 1.165) is 15.1 Å². The molecule has 0 radical (unpaired) electrons. The lowest BCUT2D eigenvalue weighted by atomic mass is 10.1. The first-order chi connectivity index (χ1) is 6.72. The van der Waals surface area contributed by atoms with Crippen molar-refractivity contribution in [3.05, 3.63) is 23.2 Å². The average Bonchev–Trinajstić information content (AvgIpc) is 2.63. The van der Waals surface area contributed by atoms with Crippen LogP contribution in [0.3, 0.4) is 0 Å². The molecule has 1 unspecified atom stereocenters. The number of aromatic nitrogens is 1. The molecule has 5 heteroatoms. The van der Waals surface area contributed by atoms with E-state index in [2.05, 4.69) is 4.98 Å². The Hall–Kier alpha value is -1.33. The maximum atomic E-state index is 10.8. The molecule has 74 valence electrons. The molecule has 2 aromatic heterocycles. The standard InChI is InChI=1S/C9H10N2O2S/c10-4-5(9(12)13)8-3-6-7(14-8)1-2-11-6/h1-3,5,11H,4,10H2,(H,12,13). The van der Waals surface area contributed by atoms with Crippen LogP contribution >= 0.6 is 11.3 Å². The van der Waals surface area contributed by atoms with Gasteiger partial charge in [0.15, 0.2) is 0 Å². The van der Waals surface area contributed by atoms with Crippen LogP contribution in [0.2, 0.25) is 0 Å². The first kappa shape index (κ1) is 9.23. The van der Waals surface area contributed by atoms with Crippen molar-refractivity contribution in [1.29, 1.82) is 0 Å². The first-order valence-corrected chi connectivity index (χ1v) is 5.03. The van der Waals surface area contributed by atoms with Crippen LogP contribution in [0, 0.1) is 0 Å². The summed E-state index contributed by atoms with van der Waals surface area (Å²) in [7, 11) is 0. The van der Waals surface area contributed by atoms with Gasteiger partial charge < -0.3 is 15.8 Å². The average molecular weight is 210 g/mol. The van der Waals surface area contributed by atoms with E-state index in [1.54, 1.807) is 0 Å². The Morgan fingerprint density at radius 2 is 2.50 bits per heavy atom. The first-order valence-electron chi connectivity index (χ1n) is 4.22. The predicted octanol–water partition coefficient (Wildman–Crippen LogP) is 1.36. The molecule has 0 aliphatic rings. The van der Waals surface area contributed by atoms with Gasteiger partial charge in [-0.2, -0.15) is 0 Å². The maximum Gasteiger partial charge on any atom is 0.313 e. The summed E-state index contributed by atoms with van der Waals surface area (Å²) in [6.45, 7) is 0.137. The Kier molecular flexibility index (Phi) is 2.26. The minimum Gasteiger partial charge on any atom is -0.481 e. The molecule has 0 aliphatic heterocycles. The Labute approximate surface area is 84.4 Å². The molecule has 4 nitrogen and oxygen atoms in total. The van der Waals surface area contributed by atoms with Crippen LogP contribution < -0.4 is 5.73 Å². The molecule has 0 fully saturated rings. The Morgan fingerprint density at radius 3 is 3.07 bits per heavy atom. The summed E-state index contributed by atoms with van der Waals surface area (Å²) in [4.78, 5) is 14.7. The number of carbonyl (C=O) groups is 1. The van der Waals surface area contributed by atoms with Crippen molar-refractivity contribution in [3.8, 4) is 0 Å². The molecule has 0 spiro atoms. The number of nitrogens with one attached hydrogen (secondary N) is 1. The van der Waals surface area contributed by atoms with Gasteiger partial charge in [0.25, 0.3) is 0 Å². The number of aliphatic carboxylic acids is 1. The monoisotopic (exact) mass is 210 g/mol. The molecule has 0 aliphatic carbocycles. The van der Waals surface area contributed by atoms with E-state index < -0.39 is 11.9 Å². The quantitative estimate of drug-likeness (QED) is 0.715. The summed E-state index contributed by atoms with van der Waals surface area (Å²) < 4.78 is 1.07. The zero-order valence-electron chi connectivity index (χ0n) is 7.36. The van der Waals surface area contributed by atoms with E-state index in [1.807, 2.05) is 18.3 Å². The normalized spacial score (nSPS) is 13.2. The second-order valence-corrected chi connectivity index (χ2v) is 4.15. The molecule has 2 rings (SSSR count). The van der Waals surface area contributed by atoms with Crippen molar-refractivity contribution >= 4 is 27.5 Å². The SMILES string of the molecule is NCC(C(=O)O)c1cc2[nH]ccc2s1. The zero-order valence-corrected chi connectivity index (χ0v) is 8.17. The van der Waals surface area contributed by atoms with E-state index >= 15 is 0 Å². The highest BCUT2D eigenvalue weighted by atomic mass is 32.1. The van der Waals surface area contributed by atoms with E-state index in [0.29, 0.717) is 0 Å². The Balaban J connectivity index is 2.42. The van der Waals surface area contributed by atoms with Crippen molar-refractivity contribution in [2.75, 3.05) is 6.54 Å². The van der Waals surface area contributed by atoms with Crippen molar-refractivity contribution in [3.63, 3.8) is 0 Å². The van der Waals surface area contributed by atoms with Crippen molar-refractivity contribution in [2.24, 2.45) is 5.73 Å². The fourth-order valence-corrected chi connectivity index (χ4v) is 2.51. The topological polar surface area (TPSA) is 79.1 Å². The van der Waals surface area contributed by atoms with Crippen LogP contribution in [0.15, 0.2) is 18.3 Å². The van der Waals surface area contributed by atoms with Gasteiger partial charge in [-0.05, 0) is 12.1 Å². The number of fused-ring (bicyclic) bond motifs is 1. The molecule has 2 aromatic rings. The smallest absolute Gasteiger partial charge is 0.313 e. The van der Waals surface area contributed by atoms with Gasteiger partial charge in [0.2, 0.25) is 0 Å². The molecule has 0 amide bonds. The van der Waals surface area contributed by atoms with Crippen LogP contribution in [0.5, 0.6) is 0 Å². The number of nitrogens with two attached hydrogens (primary N) is 1. The lowest BCUT2D eigenvalue weighted by molar-refractivity contribution is -0.138.